The van der Waals surface area contributed by atoms with Crippen LogP contribution in [0.4, 0.5) is 8.78 Å². The highest BCUT2D eigenvalue weighted by molar-refractivity contribution is 5.92. The highest BCUT2D eigenvalue weighted by Gasteiger charge is 2.37. The van der Waals surface area contributed by atoms with Crippen LogP contribution in [0.15, 0.2) is 33.7 Å². The van der Waals surface area contributed by atoms with Crippen molar-refractivity contribution in [2.24, 2.45) is 15.2 Å². The van der Waals surface area contributed by atoms with Crippen molar-refractivity contribution in [3.63, 3.8) is 0 Å². The number of nitrogens with zero attached hydrogens (tertiary/aromatic N) is 3. The van der Waals surface area contributed by atoms with Gasteiger partial charge in [-0.15, -0.1) is 16.8 Å². The summed E-state index contributed by atoms with van der Waals surface area (Å²) in [6, 6.07) is 0. The third-order valence-electron chi connectivity index (χ3n) is 1.29. The Morgan fingerprint density at radius 1 is 1.54 bits per heavy atom. The van der Waals surface area contributed by atoms with Gasteiger partial charge in [-0.25, -0.2) is 0 Å². The Balaban J connectivity index is 2.92. The Hall–Kier alpha value is -1.68. The molecule has 0 saturated carbocycles. The number of allylic oxidation sites excluding steroid dienone is 1. The van der Waals surface area contributed by atoms with Crippen molar-refractivity contribution in [3.8, 4) is 0 Å². The van der Waals surface area contributed by atoms with Gasteiger partial charge in [0.25, 0.3) is 0 Å². The summed E-state index contributed by atoms with van der Waals surface area (Å²) < 4.78 is 26.0. The highest BCUT2D eigenvalue weighted by atomic mass is 19.3. The van der Waals surface area contributed by atoms with Crippen LogP contribution in [0.1, 0.15) is 6.42 Å². The van der Waals surface area contributed by atoms with Gasteiger partial charge in [0.1, 0.15) is 0 Å². The lowest BCUT2D eigenvalue weighted by Crippen LogP contribution is -2.24. The molecular formula is C7H6F2N4. The lowest BCUT2D eigenvalue weighted by Gasteiger charge is -2.09. The van der Waals surface area contributed by atoms with Gasteiger partial charge in [-0.2, -0.15) is 13.8 Å². The fraction of sp³-hybridized carbons (Fsp3) is 0.286. The average Bonchev–Trinajstić information content (AvgIpc) is 2.52. The smallest absolute Gasteiger partial charge is 0.255 e. The second kappa shape index (κ2) is 3.37. The Kier molecular flexibility index (Phi) is 2.44. The molecule has 0 radical (unpaired) electrons. The minimum atomic E-state index is -3.16. The molecule has 0 atom stereocenters. The molecule has 1 aliphatic rings. The van der Waals surface area contributed by atoms with E-state index >= 15 is 0 Å². The zero-order valence-electron chi connectivity index (χ0n) is 6.59. The SMILES string of the molecule is C=CCC(F)(F)C1=NC(=C=N)N=N1. The largest absolute Gasteiger partial charge is 0.311 e. The van der Waals surface area contributed by atoms with Gasteiger partial charge in [0.2, 0.25) is 11.7 Å². The van der Waals surface area contributed by atoms with Crippen molar-refractivity contribution < 1.29 is 8.78 Å². The normalized spacial score (nSPS) is 15.5. The second-order valence-electron chi connectivity index (χ2n) is 2.28. The first-order chi connectivity index (χ1) is 6.10. The lowest BCUT2D eigenvalue weighted by atomic mass is 10.2. The minimum absolute atomic E-state index is 0.237. The number of nitrogens with one attached hydrogen (secondary N) is 1. The van der Waals surface area contributed by atoms with E-state index in [4.69, 9.17) is 5.41 Å². The number of aliphatic imine (C=N–C) groups is 1. The maximum absolute atomic E-state index is 13.0. The van der Waals surface area contributed by atoms with Crippen LogP contribution in [0, 0.1) is 5.41 Å². The summed E-state index contributed by atoms with van der Waals surface area (Å²) in [6.45, 7) is 3.19. The number of hydrogen-bond acceptors (Lipinski definition) is 4. The molecule has 0 amide bonds. The molecule has 4 nitrogen and oxygen atoms in total. The van der Waals surface area contributed by atoms with Crippen LogP contribution in [0.5, 0.6) is 0 Å². The molecule has 1 rings (SSSR count). The molecule has 1 aliphatic heterocycles. The van der Waals surface area contributed by atoms with Crippen LogP contribution in [0.25, 0.3) is 0 Å². The molecule has 1 N–H and O–H groups in total. The minimum Gasteiger partial charge on any atom is -0.255 e. The van der Waals surface area contributed by atoms with Crippen molar-refractivity contribution in [1.29, 1.82) is 5.41 Å². The van der Waals surface area contributed by atoms with Gasteiger partial charge in [-0.3, -0.25) is 5.41 Å². The van der Waals surface area contributed by atoms with Crippen molar-refractivity contribution in [1.82, 2.24) is 0 Å². The van der Waals surface area contributed by atoms with Gasteiger partial charge in [0.15, 0.2) is 0 Å². The molecule has 6 heteroatoms. The Bertz CT molecular complexity index is 336. The van der Waals surface area contributed by atoms with E-state index in [0.29, 0.717) is 0 Å². The summed E-state index contributed by atoms with van der Waals surface area (Å²) in [5.41, 5.74) is 0. The topological polar surface area (TPSA) is 60.9 Å². The molecule has 0 aromatic rings. The molecule has 0 aliphatic carbocycles. The molecule has 0 aromatic carbocycles. The summed E-state index contributed by atoms with van der Waals surface area (Å²) in [6.07, 6.45) is 0.528. The van der Waals surface area contributed by atoms with Crippen molar-refractivity contribution in [3.05, 3.63) is 18.5 Å². The maximum atomic E-state index is 13.0. The van der Waals surface area contributed by atoms with E-state index in [-0.39, 0.29) is 5.82 Å². The Morgan fingerprint density at radius 3 is 2.69 bits per heavy atom. The number of azo groups is 1. The summed E-state index contributed by atoms with van der Waals surface area (Å²) in [5.74, 6) is -2.32. The zero-order valence-corrected chi connectivity index (χ0v) is 6.59. The molecule has 0 fully saturated rings. The third kappa shape index (κ3) is 1.91. The molecule has 1 heterocycles. The van der Waals surface area contributed by atoms with E-state index in [9.17, 15) is 8.78 Å². The quantitative estimate of drug-likeness (QED) is 0.516. The Labute approximate surface area is 72.9 Å². The van der Waals surface area contributed by atoms with Crippen LogP contribution < -0.4 is 0 Å². The van der Waals surface area contributed by atoms with Crippen molar-refractivity contribution in [2.75, 3.05) is 0 Å². The van der Waals surface area contributed by atoms with E-state index in [1.807, 2.05) is 0 Å². The number of amidine groups is 1. The standard InChI is InChI=1S/C7H6F2N4/c1-2-3-7(8,9)6-11-5(4-10)12-13-6/h2,10H,1,3H2. The number of rotatable bonds is 3. The van der Waals surface area contributed by atoms with Crippen LogP contribution in [-0.4, -0.2) is 17.6 Å². The van der Waals surface area contributed by atoms with Crippen LogP contribution >= 0.6 is 0 Å². The average molecular weight is 184 g/mol. The van der Waals surface area contributed by atoms with E-state index in [0.717, 1.165) is 6.08 Å². The lowest BCUT2D eigenvalue weighted by molar-refractivity contribution is 0.0805. The number of halogens is 2. The van der Waals surface area contributed by atoms with Crippen LogP contribution in [0.3, 0.4) is 0 Å². The maximum Gasteiger partial charge on any atom is 0.311 e. The fourth-order valence-electron chi connectivity index (χ4n) is 0.720. The molecule has 0 spiro atoms. The van der Waals surface area contributed by atoms with Crippen LogP contribution in [-0.2, 0) is 0 Å². The fourth-order valence-corrected chi connectivity index (χ4v) is 0.720. The summed E-state index contributed by atoms with van der Waals surface area (Å²) >= 11 is 0. The third-order valence-corrected chi connectivity index (χ3v) is 1.29. The molecule has 0 aromatic heterocycles. The highest BCUT2D eigenvalue weighted by Crippen LogP contribution is 2.25. The van der Waals surface area contributed by atoms with Gasteiger partial charge >= 0.3 is 5.92 Å². The van der Waals surface area contributed by atoms with Crippen LogP contribution in [0.2, 0.25) is 0 Å². The van der Waals surface area contributed by atoms with E-state index < -0.39 is 18.2 Å². The van der Waals surface area contributed by atoms with Crippen molar-refractivity contribution in [2.45, 2.75) is 12.3 Å². The van der Waals surface area contributed by atoms with E-state index in [1.54, 1.807) is 5.87 Å². The van der Waals surface area contributed by atoms with Gasteiger partial charge in [0, 0.05) is 12.3 Å². The van der Waals surface area contributed by atoms with E-state index in [2.05, 4.69) is 21.8 Å². The second-order valence-corrected chi connectivity index (χ2v) is 2.28. The summed E-state index contributed by atoms with van der Waals surface area (Å²) in [7, 11) is 0. The monoisotopic (exact) mass is 184 g/mol. The molecule has 68 valence electrons. The number of alkyl halides is 2. The summed E-state index contributed by atoms with van der Waals surface area (Å²) in [5, 5.41) is 12.9. The van der Waals surface area contributed by atoms with Crippen molar-refractivity contribution >= 4 is 11.7 Å². The first-order valence-electron chi connectivity index (χ1n) is 3.39. The molecule has 0 saturated heterocycles. The predicted octanol–water partition coefficient (Wildman–Crippen LogP) is 2.15. The van der Waals surface area contributed by atoms with Gasteiger partial charge in [-0.1, -0.05) is 6.08 Å². The first kappa shape index (κ1) is 9.41. The molecular weight excluding hydrogens is 178 g/mol. The van der Waals surface area contributed by atoms with Gasteiger partial charge in [0.05, 0.1) is 0 Å². The van der Waals surface area contributed by atoms with Gasteiger partial charge in [-0.05, 0) is 0 Å². The first-order valence-corrected chi connectivity index (χ1v) is 3.39. The van der Waals surface area contributed by atoms with E-state index in [1.165, 1.54) is 0 Å². The zero-order chi connectivity index (χ0) is 9.90. The number of hydrogen-bond donors (Lipinski definition) is 1. The Morgan fingerprint density at radius 2 is 2.23 bits per heavy atom. The molecule has 13 heavy (non-hydrogen) atoms. The summed E-state index contributed by atoms with van der Waals surface area (Å²) in [4.78, 5) is 3.30. The van der Waals surface area contributed by atoms with Gasteiger partial charge < -0.3 is 0 Å². The molecule has 0 unspecified atom stereocenters. The predicted molar refractivity (Wildman–Crippen MR) is 43.3 cm³/mol. The molecule has 0 bridgehead atoms.